The van der Waals surface area contributed by atoms with Crippen molar-refractivity contribution in [3.05, 3.63) is 72.2 Å². The van der Waals surface area contributed by atoms with Crippen LogP contribution in [0.1, 0.15) is 11.3 Å². The Bertz CT molecular complexity index is 1300. The van der Waals surface area contributed by atoms with Crippen molar-refractivity contribution >= 4 is 28.1 Å². The van der Waals surface area contributed by atoms with E-state index >= 15 is 0 Å². The number of hydrogen-bond donors (Lipinski definition) is 0. The minimum Gasteiger partial charge on any atom is -0.474 e. The van der Waals surface area contributed by atoms with Gasteiger partial charge in [-0.25, -0.2) is 19.3 Å². The molecule has 0 unspecified atom stereocenters. The third-order valence-electron chi connectivity index (χ3n) is 5.81. The van der Waals surface area contributed by atoms with E-state index in [1.807, 2.05) is 18.3 Å². The molecule has 2 aliphatic heterocycles. The summed E-state index contributed by atoms with van der Waals surface area (Å²) in [6, 6.07) is 10.7. The van der Waals surface area contributed by atoms with Crippen molar-refractivity contribution in [2.45, 2.75) is 13.0 Å². The summed E-state index contributed by atoms with van der Waals surface area (Å²) >= 11 is 0. The van der Waals surface area contributed by atoms with E-state index in [1.165, 1.54) is 18.5 Å². The van der Waals surface area contributed by atoms with Crippen LogP contribution in [0.2, 0.25) is 0 Å². The van der Waals surface area contributed by atoms with Gasteiger partial charge in [-0.1, -0.05) is 0 Å². The molecule has 8 heteroatoms. The Labute approximate surface area is 178 Å². The standard InChI is InChI=1S/C23H19FN6O/c24-16-3-4-20-18(11-16)22(28-14-27-20)29-7-5-19-15(13-29)10-17(12-26-19)30-8-9-31-23-21(30)2-1-6-25-23/h1-4,6,10-12,14H,5,7-9,13H2. The van der Waals surface area contributed by atoms with E-state index in [0.29, 0.717) is 19.0 Å². The SMILES string of the molecule is Fc1ccc2ncnc(N3CCc4ncc(N5CCOc6ncccc65)cc4C3)c2c1. The van der Waals surface area contributed by atoms with E-state index in [-0.39, 0.29) is 5.82 Å². The molecule has 0 atom stereocenters. The average molecular weight is 414 g/mol. The lowest BCUT2D eigenvalue weighted by molar-refractivity contribution is 0.301. The molecule has 6 rings (SSSR count). The molecule has 0 saturated carbocycles. The summed E-state index contributed by atoms with van der Waals surface area (Å²) in [6.45, 7) is 2.74. The highest BCUT2D eigenvalue weighted by Gasteiger charge is 2.24. The van der Waals surface area contributed by atoms with Crippen LogP contribution in [0.3, 0.4) is 0 Å². The molecule has 0 aliphatic carbocycles. The Balaban J connectivity index is 1.36. The van der Waals surface area contributed by atoms with E-state index < -0.39 is 0 Å². The van der Waals surface area contributed by atoms with E-state index in [0.717, 1.165) is 58.9 Å². The van der Waals surface area contributed by atoms with Gasteiger partial charge in [-0.15, -0.1) is 0 Å². The van der Waals surface area contributed by atoms with Crippen LogP contribution in [0.4, 0.5) is 21.6 Å². The van der Waals surface area contributed by atoms with Crippen molar-refractivity contribution in [2.24, 2.45) is 0 Å². The number of anilines is 3. The number of nitrogens with zero attached hydrogens (tertiary/aromatic N) is 6. The van der Waals surface area contributed by atoms with Crippen LogP contribution in [-0.4, -0.2) is 39.6 Å². The molecule has 154 valence electrons. The van der Waals surface area contributed by atoms with Gasteiger partial charge in [0.25, 0.3) is 0 Å². The summed E-state index contributed by atoms with van der Waals surface area (Å²) in [5.41, 5.74) is 4.92. The van der Waals surface area contributed by atoms with Gasteiger partial charge in [-0.05, 0) is 42.0 Å². The number of halogens is 1. The monoisotopic (exact) mass is 414 g/mol. The van der Waals surface area contributed by atoms with Crippen molar-refractivity contribution in [3.63, 3.8) is 0 Å². The maximum absolute atomic E-state index is 13.9. The molecule has 2 aliphatic rings. The fourth-order valence-electron chi connectivity index (χ4n) is 4.33. The lowest BCUT2D eigenvalue weighted by atomic mass is 10.0. The molecule has 0 spiro atoms. The number of rotatable bonds is 2. The van der Waals surface area contributed by atoms with E-state index in [2.05, 4.69) is 30.8 Å². The van der Waals surface area contributed by atoms with Crippen LogP contribution in [-0.2, 0) is 13.0 Å². The van der Waals surface area contributed by atoms with Crippen LogP contribution in [0.25, 0.3) is 10.9 Å². The molecule has 0 N–H and O–H groups in total. The first-order valence-electron chi connectivity index (χ1n) is 10.2. The lowest BCUT2D eigenvalue weighted by Crippen LogP contribution is -2.33. The zero-order valence-electron chi connectivity index (χ0n) is 16.7. The first-order valence-corrected chi connectivity index (χ1v) is 10.2. The minimum atomic E-state index is -0.287. The van der Waals surface area contributed by atoms with E-state index in [9.17, 15) is 4.39 Å². The molecular weight excluding hydrogens is 395 g/mol. The highest BCUT2D eigenvalue weighted by Crippen LogP contribution is 2.36. The first-order chi connectivity index (χ1) is 15.3. The summed E-state index contributed by atoms with van der Waals surface area (Å²) < 4.78 is 19.6. The minimum absolute atomic E-state index is 0.287. The zero-order chi connectivity index (χ0) is 20.8. The average Bonchev–Trinajstić information content (AvgIpc) is 2.82. The van der Waals surface area contributed by atoms with Gasteiger partial charge in [0.1, 0.15) is 30.3 Å². The molecule has 0 bridgehead atoms. The van der Waals surface area contributed by atoms with Gasteiger partial charge in [0.2, 0.25) is 5.88 Å². The van der Waals surface area contributed by atoms with Gasteiger partial charge >= 0.3 is 0 Å². The summed E-state index contributed by atoms with van der Waals surface area (Å²) in [4.78, 5) is 22.2. The molecule has 0 amide bonds. The maximum atomic E-state index is 13.9. The molecule has 4 aromatic rings. The fraction of sp³-hybridized carbons (Fsp3) is 0.217. The Morgan fingerprint density at radius 1 is 1.00 bits per heavy atom. The third-order valence-corrected chi connectivity index (χ3v) is 5.81. The second-order valence-electron chi connectivity index (χ2n) is 7.66. The summed E-state index contributed by atoms with van der Waals surface area (Å²) in [5, 5.41) is 0.725. The maximum Gasteiger partial charge on any atom is 0.237 e. The van der Waals surface area contributed by atoms with Crippen LogP contribution in [0.15, 0.2) is 55.1 Å². The predicted octanol–water partition coefficient (Wildman–Crippen LogP) is 3.65. The highest BCUT2D eigenvalue weighted by molar-refractivity contribution is 5.89. The lowest BCUT2D eigenvalue weighted by Gasteiger charge is -2.33. The number of hydrogen-bond acceptors (Lipinski definition) is 7. The third kappa shape index (κ3) is 3.11. The number of benzene rings is 1. The number of fused-ring (bicyclic) bond motifs is 3. The van der Waals surface area contributed by atoms with Gasteiger partial charge < -0.3 is 14.5 Å². The van der Waals surface area contributed by atoms with Crippen LogP contribution in [0.5, 0.6) is 5.88 Å². The largest absolute Gasteiger partial charge is 0.474 e. The zero-order valence-corrected chi connectivity index (χ0v) is 16.7. The Hall–Kier alpha value is -3.81. The molecule has 5 heterocycles. The number of pyridine rings is 2. The normalized spacial score (nSPS) is 15.4. The van der Waals surface area contributed by atoms with Crippen LogP contribution >= 0.6 is 0 Å². The van der Waals surface area contributed by atoms with Gasteiger partial charge in [0.05, 0.1) is 23.9 Å². The smallest absolute Gasteiger partial charge is 0.237 e. The number of aromatic nitrogens is 4. The van der Waals surface area contributed by atoms with Crippen molar-refractivity contribution in [3.8, 4) is 5.88 Å². The van der Waals surface area contributed by atoms with E-state index in [1.54, 1.807) is 12.3 Å². The van der Waals surface area contributed by atoms with Crippen molar-refractivity contribution in [1.29, 1.82) is 0 Å². The topological polar surface area (TPSA) is 67.3 Å². The van der Waals surface area contributed by atoms with Gasteiger partial charge in [-0.3, -0.25) is 4.98 Å². The molecule has 1 aromatic carbocycles. The highest BCUT2D eigenvalue weighted by atomic mass is 19.1. The van der Waals surface area contributed by atoms with Gasteiger partial charge in [0, 0.05) is 36.8 Å². The quantitative estimate of drug-likeness (QED) is 0.496. The summed E-state index contributed by atoms with van der Waals surface area (Å²) in [6.07, 6.45) is 6.00. The van der Waals surface area contributed by atoms with Crippen LogP contribution in [0, 0.1) is 5.82 Å². The molecular formula is C23H19FN6O. The summed E-state index contributed by atoms with van der Waals surface area (Å²) in [5.74, 6) is 1.11. The molecule has 3 aromatic heterocycles. The number of ether oxygens (including phenoxy) is 1. The summed E-state index contributed by atoms with van der Waals surface area (Å²) in [7, 11) is 0. The van der Waals surface area contributed by atoms with Gasteiger partial charge in [-0.2, -0.15) is 0 Å². The Morgan fingerprint density at radius 3 is 2.94 bits per heavy atom. The molecule has 31 heavy (non-hydrogen) atoms. The fourth-order valence-corrected chi connectivity index (χ4v) is 4.33. The Kier molecular flexibility index (Phi) is 4.15. The second kappa shape index (κ2) is 7.16. The molecule has 0 fully saturated rings. The van der Waals surface area contributed by atoms with E-state index in [4.69, 9.17) is 9.72 Å². The van der Waals surface area contributed by atoms with Crippen molar-refractivity contribution < 1.29 is 9.13 Å². The van der Waals surface area contributed by atoms with Gasteiger partial charge in [0.15, 0.2) is 0 Å². The molecule has 0 saturated heterocycles. The van der Waals surface area contributed by atoms with Crippen molar-refractivity contribution in [2.75, 3.05) is 29.5 Å². The van der Waals surface area contributed by atoms with Crippen LogP contribution < -0.4 is 14.5 Å². The Morgan fingerprint density at radius 2 is 1.97 bits per heavy atom. The predicted molar refractivity (Wildman–Crippen MR) is 115 cm³/mol. The second-order valence-corrected chi connectivity index (χ2v) is 7.66. The van der Waals surface area contributed by atoms with Crippen molar-refractivity contribution in [1.82, 2.24) is 19.9 Å². The molecule has 7 nitrogen and oxygen atoms in total. The molecule has 0 radical (unpaired) electrons. The first kappa shape index (κ1) is 18.0.